The quantitative estimate of drug-likeness (QED) is 0.838. The highest BCUT2D eigenvalue weighted by atomic mass is 16.3. The van der Waals surface area contributed by atoms with Crippen LogP contribution < -0.4 is 5.32 Å². The summed E-state index contributed by atoms with van der Waals surface area (Å²) in [6.07, 6.45) is 1.04. The maximum Gasteiger partial charge on any atom is 0.223 e. The molecule has 3 heteroatoms. The van der Waals surface area contributed by atoms with Gasteiger partial charge in [-0.2, -0.15) is 0 Å². The summed E-state index contributed by atoms with van der Waals surface area (Å²) >= 11 is 0. The van der Waals surface area contributed by atoms with E-state index in [1.807, 2.05) is 37.3 Å². The van der Waals surface area contributed by atoms with Crippen LogP contribution in [0.15, 0.2) is 30.3 Å². The Bertz CT molecular complexity index is 404. The van der Waals surface area contributed by atoms with E-state index < -0.39 is 6.10 Å². The first-order chi connectivity index (χ1) is 8.58. The van der Waals surface area contributed by atoms with E-state index in [-0.39, 0.29) is 17.9 Å². The molecule has 0 aliphatic heterocycles. The number of rotatable bonds is 5. The Morgan fingerprint density at radius 3 is 2.61 bits per heavy atom. The average Bonchev–Trinajstić information content (AvgIpc) is 3.07. The van der Waals surface area contributed by atoms with Gasteiger partial charge in [-0.05, 0) is 31.2 Å². The van der Waals surface area contributed by atoms with E-state index in [4.69, 9.17) is 0 Å². The van der Waals surface area contributed by atoms with Gasteiger partial charge in [-0.25, -0.2) is 0 Å². The minimum Gasteiger partial charge on any atom is -0.388 e. The third-order valence-electron chi connectivity index (χ3n) is 3.60. The molecule has 1 aromatic carbocycles. The Kier molecular flexibility index (Phi) is 4.02. The number of benzene rings is 1. The predicted octanol–water partition coefficient (Wildman–Crippen LogP) is 2.27. The molecule has 0 spiro atoms. The SMILES string of the molecule is C[C@H](C[C@H](O)c1ccccc1)NC(=O)[C@@H]1C[C@H]1C. The fraction of sp³-hybridized carbons (Fsp3) is 0.533. The van der Waals surface area contributed by atoms with Crippen molar-refractivity contribution in [1.29, 1.82) is 0 Å². The van der Waals surface area contributed by atoms with E-state index in [9.17, 15) is 9.90 Å². The molecule has 0 radical (unpaired) electrons. The van der Waals surface area contributed by atoms with Crippen molar-refractivity contribution in [1.82, 2.24) is 5.32 Å². The second kappa shape index (κ2) is 5.53. The fourth-order valence-electron chi connectivity index (χ4n) is 2.24. The summed E-state index contributed by atoms with van der Waals surface area (Å²) in [4.78, 5) is 11.8. The van der Waals surface area contributed by atoms with Crippen molar-refractivity contribution in [2.24, 2.45) is 11.8 Å². The van der Waals surface area contributed by atoms with Crippen LogP contribution in [-0.2, 0) is 4.79 Å². The van der Waals surface area contributed by atoms with Gasteiger partial charge >= 0.3 is 0 Å². The lowest BCUT2D eigenvalue weighted by Crippen LogP contribution is -2.35. The molecule has 98 valence electrons. The molecule has 0 aromatic heterocycles. The van der Waals surface area contributed by atoms with Crippen molar-refractivity contribution in [2.75, 3.05) is 0 Å². The van der Waals surface area contributed by atoms with Crippen LogP contribution in [0.3, 0.4) is 0 Å². The molecule has 3 nitrogen and oxygen atoms in total. The Hall–Kier alpha value is -1.35. The van der Waals surface area contributed by atoms with Crippen LogP contribution in [-0.4, -0.2) is 17.1 Å². The van der Waals surface area contributed by atoms with Crippen molar-refractivity contribution >= 4 is 5.91 Å². The summed E-state index contributed by atoms with van der Waals surface area (Å²) in [5.74, 6) is 0.854. The van der Waals surface area contributed by atoms with Crippen LogP contribution in [0, 0.1) is 11.8 Å². The highest BCUT2D eigenvalue weighted by Crippen LogP contribution is 2.37. The number of hydrogen-bond donors (Lipinski definition) is 2. The number of carbonyl (C=O) groups excluding carboxylic acids is 1. The predicted molar refractivity (Wildman–Crippen MR) is 70.9 cm³/mol. The van der Waals surface area contributed by atoms with Gasteiger partial charge in [0.1, 0.15) is 0 Å². The normalized spacial score (nSPS) is 25.3. The largest absolute Gasteiger partial charge is 0.388 e. The van der Waals surface area contributed by atoms with Crippen molar-refractivity contribution in [3.63, 3.8) is 0 Å². The third kappa shape index (κ3) is 3.33. The van der Waals surface area contributed by atoms with E-state index in [0.717, 1.165) is 12.0 Å². The van der Waals surface area contributed by atoms with Gasteiger partial charge in [-0.3, -0.25) is 4.79 Å². The first-order valence-electron chi connectivity index (χ1n) is 6.61. The first kappa shape index (κ1) is 13.1. The summed E-state index contributed by atoms with van der Waals surface area (Å²) in [7, 11) is 0. The van der Waals surface area contributed by atoms with Gasteiger partial charge in [0.05, 0.1) is 6.10 Å². The van der Waals surface area contributed by atoms with Crippen LogP contribution in [0.25, 0.3) is 0 Å². The minimum absolute atomic E-state index is 0.000469. The Labute approximate surface area is 108 Å². The van der Waals surface area contributed by atoms with Gasteiger partial charge in [-0.15, -0.1) is 0 Å². The zero-order valence-corrected chi connectivity index (χ0v) is 11.0. The molecule has 1 fully saturated rings. The number of hydrogen-bond acceptors (Lipinski definition) is 2. The summed E-state index contributed by atoms with van der Waals surface area (Å²) in [6, 6.07) is 9.56. The van der Waals surface area contributed by atoms with Gasteiger partial charge in [0.2, 0.25) is 5.91 Å². The summed E-state index contributed by atoms with van der Waals surface area (Å²) < 4.78 is 0. The van der Waals surface area contributed by atoms with Crippen LogP contribution in [0.1, 0.15) is 38.4 Å². The molecule has 18 heavy (non-hydrogen) atoms. The zero-order chi connectivity index (χ0) is 13.1. The molecular formula is C15H21NO2. The molecule has 2 rings (SSSR count). The van der Waals surface area contributed by atoms with Crippen LogP contribution in [0.4, 0.5) is 0 Å². The van der Waals surface area contributed by atoms with Crippen molar-refractivity contribution in [3.05, 3.63) is 35.9 Å². The fourth-order valence-corrected chi connectivity index (χ4v) is 2.24. The maximum atomic E-state index is 11.8. The van der Waals surface area contributed by atoms with Gasteiger partial charge < -0.3 is 10.4 Å². The lowest BCUT2D eigenvalue weighted by atomic mass is 10.0. The molecule has 2 N–H and O–H groups in total. The van der Waals surface area contributed by atoms with E-state index in [0.29, 0.717) is 12.3 Å². The Morgan fingerprint density at radius 2 is 2.06 bits per heavy atom. The van der Waals surface area contributed by atoms with Crippen LogP contribution >= 0.6 is 0 Å². The number of carbonyl (C=O) groups is 1. The van der Waals surface area contributed by atoms with Crippen molar-refractivity contribution in [2.45, 2.75) is 38.8 Å². The zero-order valence-electron chi connectivity index (χ0n) is 11.0. The molecule has 1 amide bonds. The van der Waals surface area contributed by atoms with Gasteiger partial charge in [0.15, 0.2) is 0 Å². The van der Waals surface area contributed by atoms with Crippen molar-refractivity contribution < 1.29 is 9.90 Å². The third-order valence-corrected chi connectivity index (χ3v) is 3.60. The second-order valence-electron chi connectivity index (χ2n) is 5.39. The van der Waals surface area contributed by atoms with E-state index in [1.165, 1.54) is 0 Å². The first-order valence-corrected chi connectivity index (χ1v) is 6.61. The smallest absolute Gasteiger partial charge is 0.223 e. The minimum atomic E-state index is -0.516. The highest BCUT2D eigenvalue weighted by Gasteiger charge is 2.39. The highest BCUT2D eigenvalue weighted by molar-refractivity contribution is 5.81. The maximum absolute atomic E-state index is 11.8. The number of nitrogens with one attached hydrogen (secondary N) is 1. The van der Waals surface area contributed by atoms with Crippen LogP contribution in [0.2, 0.25) is 0 Å². The molecule has 1 aliphatic carbocycles. The summed E-state index contributed by atoms with van der Waals surface area (Å²) in [6.45, 7) is 4.03. The van der Waals surface area contributed by atoms with Gasteiger partial charge in [0.25, 0.3) is 0 Å². The van der Waals surface area contributed by atoms with E-state index >= 15 is 0 Å². The molecule has 0 saturated heterocycles. The molecule has 0 unspecified atom stereocenters. The van der Waals surface area contributed by atoms with E-state index in [2.05, 4.69) is 12.2 Å². The molecule has 1 aromatic rings. The average molecular weight is 247 g/mol. The molecular weight excluding hydrogens is 226 g/mol. The topological polar surface area (TPSA) is 49.3 Å². The lowest BCUT2D eigenvalue weighted by molar-refractivity contribution is -0.123. The number of aliphatic hydroxyl groups excluding tert-OH is 1. The van der Waals surface area contributed by atoms with Gasteiger partial charge in [-0.1, -0.05) is 37.3 Å². The Morgan fingerprint density at radius 1 is 1.44 bits per heavy atom. The van der Waals surface area contributed by atoms with Gasteiger partial charge in [0, 0.05) is 12.0 Å². The molecule has 0 heterocycles. The Balaban J connectivity index is 1.80. The monoisotopic (exact) mass is 247 g/mol. The summed E-state index contributed by atoms with van der Waals surface area (Å²) in [5.41, 5.74) is 0.901. The molecule has 1 saturated carbocycles. The van der Waals surface area contributed by atoms with E-state index in [1.54, 1.807) is 0 Å². The molecule has 4 atom stereocenters. The summed E-state index contributed by atoms with van der Waals surface area (Å²) in [5, 5.41) is 13.0. The molecule has 1 aliphatic rings. The lowest BCUT2D eigenvalue weighted by Gasteiger charge is -2.18. The second-order valence-corrected chi connectivity index (χ2v) is 5.39. The number of aliphatic hydroxyl groups is 1. The molecule has 0 bridgehead atoms. The van der Waals surface area contributed by atoms with Crippen molar-refractivity contribution in [3.8, 4) is 0 Å². The van der Waals surface area contributed by atoms with Crippen LogP contribution in [0.5, 0.6) is 0 Å². The number of amides is 1. The standard InChI is InChI=1S/C15H21NO2/c1-10-8-13(10)15(18)16-11(2)9-14(17)12-6-4-3-5-7-12/h3-7,10-11,13-14,17H,8-9H2,1-2H3,(H,16,18)/t10-,11-,13-,14+/m1/s1.